The molecule has 2 aromatic rings. The van der Waals surface area contributed by atoms with Crippen LogP contribution in [0.2, 0.25) is 0 Å². The number of nitrogens with one attached hydrogen (secondary N) is 2. The zero-order valence-corrected chi connectivity index (χ0v) is 12.8. The molecule has 1 heterocycles. The highest BCUT2D eigenvalue weighted by Crippen LogP contribution is 2.19. The Kier molecular flexibility index (Phi) is 5.84. The van der Waals surface area contributed by atoms with Gasteiger partial charge in [0.15, 0.2) is 5.96 Å². The highest BCUT2D eigenvalue weighted by molar-refractivity contribution is 5.79. The van der Waals surface area contributed by atoms with Gasteiger partial charge in [-0.3, -0.25) is 9.67 Å². The number of hydrogen-bond donors (Lipinski definition) is 2. The van der Waals surface area contributed by atoms with Crippen LogP contribution in [0.4, 0.5) is 8.78 Å². The van der Waals surface area contributed by atoms with Crippen molar-refractivity contribution in [2.75, 3.05) is 7.05 Å². The molecule has 9 heteroatoms. The lowest BCUT2D eigenvalue weighted by Gasteiger charge is -2.14. The first-order valence-corrected chi connectivity index (χ1v) is 6.90. The Morgan fingerprint density at radius 1 is 1.30 bits per heavy atom. The summed E-state index contributed by atoms with van der Waals surface area (Å²) in [5, 5.41) is 10.1. The third kappa shape index (κ3) is 4.90. The van der Waals surface area contributed by atoms with Crippen molar-refractivity contribution in [3.05, 3.63) is 42.0 Å². The van der Waals surface area contributed by atoms with Crippen LogP contribution in [0, 0.1) is 0 Å². The Labute approximate surface area is 132 Å². The Morgan fingerprint density at radius 3 is 2.70 bits per heavy atom. The molecule has 2 N–H and O–H groups in total. The fourth-order valence-electron chi connectivity index (χ4n) is 1.90. The van der Waals surface area contributed by atoms with Crippen LogP contribution >= 0.6 is 0 Å². The average molecular weight is 324 g/mol. The molecule has 0 aliphatic heterocycles. The molecule has 124 valence electrons. The minimum absolute atomic E-state index is 0.138. The van der Waals surface area contributed by atoms with E-state index in [0.717, 1.165) is 5.82 Å². The van der Waals surface area contributed by atoms with E-state index in [9.17, 15) is 8.78 Å². The minimum Gasteiger partial charge on any atom is -0.434 e. The number of rotatable bonds is 6. The molecule has 0 amide bonds. The highest BCUT2D eigenvalue weighted by atomic mass is 19.3. The second-order valence-electron chi connectivity index (χ2n) is 4.57. The van der Waals surface area contributed by atoms with Gasteiger partial charge < -0.3 is 15.4 Å². The van der Waals surface area contributed by atoms with Crippen LogP contribution in [0.15, 0.2) is 35.6 Å². The number of alkyl halides is 2. The number of nitrogens with zero attached hydrogens (tertiary/aromatic N) is 4. The Bertz CT molecular complexity index is 658. The quantitative estimate of drug-likeness (QED) is 0.618. The number of aryl methyl sites for hydroxylation is 1. The molecule has 0 aliphatic carbocycles. The van der Waals surface area contributed by atoms with Gasteiger partial charge in [0.25, 0.3) is 0 Å². The Morgan fingerprint density at radius 2 is 2.04 bits per heavy atom. The summed E-state index contributed by atoms with van der Waals surface area (Å²) in [5.41, 5.74) is 0.606. The first-order valence-electron chi connectivity index (χ1n) is 6.90. The molecule has 0 saturated carbocycles. The molecule has 0 aliphatic rings. The van der Waals surface area contributed by atoms with Crippen LogP contribution in [0.25, 0.3) is 0 Å². The van der Waals surface area contributed by atoms with E-state index >= 15 is 0 Å². The minimum atomic E-state index is -2.86. The molecule has 0 saturated heterocycles. The summed E-state index contributed by atoms with van der Waals surface area (Å²) in [6.45, 7) is -2.13. The van der Waals surface area contributed by atoms with E-state index in [2.05, 4.69) is 30.4 Å². The monoisotopic (exact) mass is 324 g/mol. The number of aliphatic imine (C=N–C) groups is 1. The third-order valence-electron chi connectivity index (χ3n) is 3.08. The second kappa shape index (κ2) is 8.06. The molecule has 0 radical (unpaired) electrons. The van der Waals surface area contributed by atoms with Crippen molar-refractivity contribution in [2.45, 2.75) is 19.7 Å². The number of para-hydroxylation sites is 1. The predicted octanol–water partition coefficient (Wildman–Crippen LogP) is 1.28. The average Bonchev–Trinajstić information content (AvgIpc) is 2.93. The van der Waals surface area contributed by atoms with Gasteiger partial charge >= 0.3 is 6.61 Å². The van der Waals surface area contributed by atoms with Crippen LogP contribution in [-0.2, 0) is 20.1 Å². The van der Waals surface area contributed by atoms with Gasteiger partial charge in [0.05, 0.1) is 6.54 Å². The maximum absolute atomic E-state index is 12.4. The maximum Gasteiger partial charge on any atom is 0.387 e. The van der Waals surface area contributed by atoms with Gasteiger partial charge in [0.1, 0.15) is 17.9 Å². The van der Waals surface area contributed by atoms with E-state index in [1.807, 2.05) is 0 Å². The zero-order valence-electron chi connectivity index (χ0n) is 12.8. The van der Waals surface area contributed by atoms with Crippen molar-refractivity contribution in [3.8, 4) is 5.75 Å². The van der Waals surface area contributed by atoms with E-state index in [-0.39, 0.29) is 5.75 Å². The lowest BCUT2D eigenvalue weighted by molar-refractivity contribution is -0.0504. The molecule has 0 fully saturated rings. The fraction of sp³-hybridized carbons (Fsp3) is 0.357. The Hall–Kier alpha value is -2.71. The summed E-state index contributed by atoms with van der Waals surface area (Å²) < 4.78 is 30.9. The normalized spacial score (nSPS) is 11.6. The van der Waals surface area contributed by atoms with E-state index in [1.165, 1.54) is 12.4 Å². The van der Waals surface area contributed by atoms with Gasteiger partial charge in [-0.15, -0.1) is 0 Å². The van der Waals surface area contributed by atoms with Crippen LogP contribution in [-0.4, -0.2) is 34.4 Å². The number of ether oxygens (including phenoxy) is 1. The van der Waals surface area contributed by atoms with E-state index in [4.69, 9.17) is 0 Å². The molecule has 0 unspecified atom stereocenters. The number of guanidine groups is 1. The van der Waals surface area contributed by atoms with Crippen LogP contribution < -0.4 is 15.4 Å². The van der Waals surface area contributed by atoms with Crippen molar-refractivity contribution >= 4 is 5.96 Å². The molecule has 7 nitrogen and oxygen atoms in total. The summed E-state index contributed by atoms with van der Waals surface area (Å²) in [7, 11) is 3.41. The summed E-state index contributed by atoms with van der Waals surface area (Å²) in [6.07, 6.45) is 1.46. The third-order valence-corrected chi connectivity index (χ3v) is 3.08. The van der Waals surface area contributed by atoms with Crippen LogP contribution in [0.5, 0.6) is 5.75 Å². The number of hydrogen-bond acceptors (Lipinski definition) is 4. The molecule has 2 rings (SSSR count). The predicted molar refractivity (Wildman–Crippen MR) is 81.1 cm³/mol. The molecule has 0 spiro atoms. The van der Waals surface area contributed by atoms with Gasteiger partial charge in [-0.05, 0) is 6.07 Å². The van der Waals surface area contributed by atoms with Gasteiger partial charge in [-0.25, -0.2) is 4.98 Å². The van der Waals surface area contributed by atoms with E-state index in [0.29, 0.717) is 24.6 Å². The Balaban J connectivity index is 1.92. The number of aromatic nitrogens is 3. The van der Waals surface area contributed by atoms with Crippen LogP contribution in [0.1, 0.15) is 11.4 Å². The first-order chi connectivity index (χ1) is 11.1. The van der Waals surface area contributed by atoms with E-state index in [1.54, 1.807) is 37.0 Å². The van der Waals surface area contributed by atoms with Crippen molar-refractivity contribution in [1.82, 2.24) is 25.4 Å². The molecule has 1 aromatic heterocycles. The van der Waals surface area contributed by atoms with Crippen molar-refractivity contribution in [2.24, 2.45) is 12.0 Å². The fourth-order valence-corrected chi connectivity index (χ4v) is 1.90. The van der Waals surface area contributed by atoms with Gasteiger partial charge in [0.2, 0.25) is 0 Å². The number of benzene rings is 1. The summed E-state index contributed by atoms with van der Waals surface area (Å²) in [4.78, 5) is 8.16. The molecular weight excluding hydrogens is 306 g/mol. The number of halogens is 2. The topological polar surface area (TPSA) is 76.4 Å². The summed E-state index contributed by atoms with van der Waals surface area (Å²) >= 11 is 0. The standard InChI is InChI=1S/C14H18F2N6O/c1-17-14(19-8-12-20-9-21-22(12)2)18-7-10-5-3-4-6-11(10)23-13(15)16/h3-6,9,13H,7-8H2,1-2H3,(H2,17,18,19). The second-order valence-corrected chi connectivity index (χ2v) is 4.57. The van der Waals surface area contributed by atoms with Crippen molar-refractivity contribution in [1.29, 1.82) is 0 Å². The molecule has 0 bridgehead atoms. The largest absolute Gasteiger partial charge is 0.434 e. The SMILES string of the molecule is CN=C(NCc1ccccc1OC(F)F)NCc1ncnn1C. The van der Waals surface area contributed by atoms with E-state index < -0.39 is 6.61 Å². The molecule has 0 atom stereocenters. The van der Waals surface area contributed by atoms with Crippen LogP contribution in [0.3, 0.4) is 0 Å². The van der Waals surface area contributed by atoms with Crippen molar-refractivity contribution in [3.63, 3.8) is 0 Å². The zero-order chi connectivity index (χ0) is 16.7. The smallest absolute Gasteiger partial charge is 0.387 e. The summed E-state index contributed by atoms with van der Waals surface area (Å²) in [6, 6.07) is 6.60. The van der Waals surface area contributed by atoms with Crippen molar-refractivity contribution < 1.29 is 13.5 Å². The summed E-state index contributed by atoms with van der Waals surface area (Å²) in [5.74, 6) is 1.40. The lowest BCUT2D eigenvalue weighted by Crippen LogP contribution is -2.37. The molecule has 23 heavy (non-hydrogen) atoms. The van der Waals surface area contributed by atoms with Gasteiger partial charge in [-0.2, -0.15) is 13.9 Å². The maximum atomic E-state index is 12.4. The first kappa shape index (κ1) is 16.7. The highest BCUT2D eigenvalue weighted by Gasteiger charge is 2.09. The lowest BCUT2D eigenvalue weighted by atomic mass is 10.2. The molecule has 1 aromatic carbocycles. The van der Waals surface area contributed by atoms with Gasteiger partial charge in [0, 0.05) is 26.2 Å². The molecular formula is C14H18F2N6O. The van der Waals surface area contributed by atoms with Gasteiger partial charge in [-0.1, -0.05) is 18.2 Å².